The average molecular weight is 318 g/mol. The van der Waals surface area contributed by atoms with Gasteiger partial charge in [0, 0.05) is 19.4 Å². The van der Waals surface area contributed by atoms with Crippen LogP contribution < -0.4 is 0 Å². The molecular weight excluding hydrogens is 292 g/mol. The van der Waals surface area contributed by atoms with E-state index in [-0.39, 0.29) is 0 Å². The van der Waals surface area contributed by atoms with Gasteiger partial charge in [-0.3, -0.25) is 9.59 Å². The summed E-state index contributed by atoms with van der Waals surface area (Å²) >= 11 is 0. The molecule has 1 aromatic rings. The molecule has 4 nitrogen and oxygen atoms in total. The van der Waals surface area contributed by atoms with Gasteiger partial charge in [-0.05, 0) is 29.5 Å². The van der Waals surface area contributed by atoms with Crippen molar-refractivity contribution in [1.82, 2.24) is 0 Å². The molecule has 0 radical (unpaired) electrons. The van der Waals surface area contributed by atoms with E-state index in [4.69, 9.17) is 9.47 Å². The average Bonchev–Trinajstić information content (AvgIpc) is 2.45. The lowest BCUT2D eigenvalue weighted by Crippen LogP contribution is -2.24. The minimum atomic E-state index is -0.963. The second kappa shape index (κ2) is 9.13. The number of ether oxygens (including phenoxy) is 2. The van der Waals surface area contributed by atoms with Gasteiger partial charge in [0.2, 0.25) is 0 Å². The zero-order chi connectivity index (χ0) is 17.4. The second-order valence-electron chi connectivity index (χ2n) is 5.84. The molecule has 0 unspecified atom stereocenters. The lowest BCUT2D eigenvalue weighted by atomic mass is 10.00. The van der Waals surface area contributed by atoms with Crippen molar-refractivity contribution in [2.24, 2.45) is 0 Å². The number of esters is 2. The molecule has 0 aromatic heterocycles. The van der Waals surface area contributed by atoms with E-state index < -0.39 is 18.2 Å². The number of rotatable bonds is 7. The van der Waals surface area contributed by atoms with E-state index in [1.54, 1.807) is 0 Å². The molecule has 0 bridgehead atoms. The minimum absolute atomic E-state index is 0.470. The third kappa shape index (κ3) is 6.68. The Balaban J connectivity index is 3.08. The first-order valence-electron chi connectivity index (χ1n) is 7.98. The molecule has 0 fully saturated rings. The Morgan fingerprint density at radius 1 is 1.04 bits per heavy atom. The molecule has 1 rings (SSSR count). The Morgan fingerprint density at radius 2 is 1.57 bits per heavy atom. The topological polar surface area (TPSA) is 52.6 Å². The maximum absolute atomic E-state index is 11.3. The third-order valence-electron chi connectivity index (χ3n) is 3.34. The van der Waals surface area contributed by atoms with Crippen molar-refractivity contribution in [2.75, 3.05) is 0 Å². The van der Waals surface area contributed by atoms with Gasteiger partial charge in [0.05, 0.1) is 0 Å². The molecule has 0 amide bonds. The summed E-state index contributed by atoms with van der Waals surface area (Å²) < 4.78 is 10.3. The molecule has 0 heterocycles. The van der Waals surface area contributed by atoms with E-state index >= 15 is 0 Å². The largest absolute Gasteiger partial charge is 0.421 e. The van der Waals surface area contributed by atoms with Gasteiger partial charge in [-0.25, -0.2) is 0 Å². The molecule has 0 aliphatic rings. The van der Waals surface area contributed by atoms with Gasteiger partial charge >= 0.3 is 11.9 Å². The van der Waals surface area contributed by atoms with E-state index in [1.807, 2.05) is 25.1 Å². The SMILES string of the molecule is CCCC(=Cc1ccc(C(C)C)cc1)C(OC(C)=O)OC(C)=O. The predicted octanol–water partition coefficient (Wildman–Crippen LogP) is 4.45. The van der Waals surface area contributed by atoms with Crippen molar-refractivity contribution in [3.8, 4) is 0 Å². The van der Waals surface area contributed by atoms with E-state index in [0.29, 0.717) is 12.3 Å². The van der Waals surface area contributed by atoms with Crippen LogP contribution in [0.3, 0.4) is 0 Å². The summed E-state index contributed by atoms with van der Waals surface area (Å²) in [6.45, 7) is 8.92. The maximum Gasteiger partial charge on any atom is 0.305 e. The van der Waals surface area contributed by atoms with Crippen LogP contribution in [0.4, 0.5) is 0 Å². The van der Waals surface area contributed by atoms with Crippen molar-refractivity contribution >= 4 is 18.0 Å². The Hall–Kier alpha value is -2.10. The van der Waals surface area contributed by atoms with Crippen molar-refractivity contribution in [2.45, 2.75) is 59.7 Å². The van der Waals surface area contributed by atoms with E-state index in [1.165, 1.54) is 19.4 Å². The first-order chi connectivity index (χ1) is 10.8. The van der Waals surface area contributed by atoms with Gasteiger partial charge in [-0.15, -0.1) is 0 Å². The molecule has 0 N–H and O–H groups in total. The maximum atomic E-state index is 11.3. The smallest absolute Gasteiger partial charge is 0.305 e. The summed E-state index contributed by atoms with van der Waals surface area (Å²) in [7, 11) is 0. The molecule has 0 aliphatic heterocycles. The number of hydrogen-bond donors (Lipinski definition) is 0. The van der Waals surface area contributed by atoms with Gasteiger partial charge in [0.1, 0.15) is 0 Å². The summed E-state index contributed by atoms with van der Waals surface area (Å²) in [5.74, 6) is -0.486. The molecule has 23 heavy (non-hydrogen) atoms. The quantitative estimate of drug-likeness (QED) is 0.550. The number of benzene rings is 1. The molecule has 4 heteroatoms. The molecule has 0 atom stereocenters. The number of hydrogen-bond acceptors (Lipinski definition) is 4. The molecule has 0 saturated carbocycles. The highest BCUT2D eigenvalue weighted by molar-refractivity contribution is 5.69. The van der Waals surface area contributed by atoms with Crippen molar-refractivity contribution in [3.63, 3.8) is 0 Å². The van der Waals surface area contributed by atoms with Crippen LogP contribution in [0.5, 0.6) is 0 Å². The summed E-state index contributed by atoms with van der Waals surface area (Å²) in [6.07, 6.45) is 2.49. The van der Waals surface area contributed by atoms with E-state index in [2.05, 4.69) is 26.0 Å². The Bertz CT molecular complexity index is 539. The zero-order valence-electron chi connectivity index (χ0n) is 14.6. The van der Waals surface area contributed by atoms with Gasteiger partial charge < -0.3 is 9.47 Å². The fourth-order valence-electron chi connectivity index (χ4n) is 2.21. The highest BCUT2D eigenvalue weighted by Crippen LogP contribution is 2.21. The lowest BCUT2D eigenvalue weighted by Gasteiger charge is -2.20. The van der Waals surface area contributed by atoms with Crippen molar-refractivity contribution < 1.29 is 19.1 Å². The fourth-order valence-corrected chi connectivity index (χ4v) is 2.21. The van der Waals surface area contributed by atoms with Gasteiger partial charge in [0.15, 0.2) is 0 Å². The summed E-state index contributed by atoms with van der Waals surface area (Å²) in [4.78, 5) is 22.6. The van der Waals surface area contributed by atoms with Crippen LogP contribution in [0.2, 0.25) is 0 Å². The van der Waals surface area contributed by atoms with Crippen LogP contribution in [-0.2, 0) is 19.1 Å². The van der Waals surface area contributed by atoms with Gasteiger partial charge in [-0.2, -0.15) is 0 Å². The summed E-state index contributed by atoms with van der Waals surface area (Å²) in [5, 5.41) is 0. The highest BCUT2D eigenvalue weighted by Gasteiger charge is 2.20. The monoisotopic (exact) mass is 318 g/mol. The zero-order valence-corrected chi connectivity index (χ0v) is 14.6. The molecule has 0 spiro atoms. The normalized spacial score (nSPS) is 11.7. The predicted molar refractivity (Wildman–Crippen MR) is 90.7 cm³/mol. The van der Waals surface area contributed by atoms with E-state index in [0.717, 1.165) is 17.6 Å². The fraction of sp³-hybridized carbons (Fsp3) is 0.474. The molecule has 1 aromatic carbocycles. The van der Waals surface area contributed by atoms with Crippen molar-refractivity contribution in [1.29, 1.82) is 0 Å². The van der Waals surface area contributed by atoms with Crippen LogP contribution in [0.15, 0.2) is 29.8 Å². The molecule has 0 saturated heterocycles. The molecule has 0 aliphatic carbocycles. The van der Waals surface area contributed by atoms with Crippen LogP contribution in [-0.4, -0.2) is 18.2 Å². The van der Waals surface area contributed by atoms with Crippen LogP contribution in [0, 0.1) is 0 Å². The van der Waals surface area contributed by atoms with Gasteiger partial charge in [-0.1, -0.05) is 51.5 Å². The standard InChI is InChI=1S/C19H26O4/c1-6-7-18(19(22-14(4)20)23-15(5)21)12-16-8-10-17(11-9-16)13(2)3/h8-13,19H,6-7H2,1-5H3. The van der Waals surface area contributed by atoms with Crippen LogP contribution in [0.1, 0.15) is 64.5 Å². The lowest BCUT2D eigenvalue weighted by molar-refractivity contribution is -0.178. The summed E-state index contributed by atoms with van der Waals surface area (Å²) in [5.41, 5.74) is 3.02. The highest BCUT2D eigenvalue weighted by atomic mass is 16.7. The second-order valence-corrected chi connectivity index (χ2v) is 5.84. The Morgan fingerprint density at radius 3 is 1.96 bits per heavy atom. The molecule has 126 valence electrons. The van der Waals surface area contributed by atoms with Crippen LogP contribution >= 0.6 is 0 Å². The first-order valence-corrected chi connectivity index (χ1v) is 7.98. The van der Waals surface area contributed by atoms with E-state index in [9.17, 15) is 9.59 Å². The third-order valence-corrected chi connectivity index (χ3v) is 3.34. The van der Waals surface area contributed by atoms with Crippen LogP contribution in [0.25, 0.3) is 6.08 Å². The van der Waals surface area contributed by atoms with Gasteiger partial charge in [0.25, 0.3) is 6.29 Å². The Labute approximate surface area is 138 Å². The Kier molecular flexibility index (Phi) is 7.52. The van der Waals surface area contributed by atoms with Crippen molar-refractivity contribution in [3.05, 3.63) is 41.0 Å². The molecular formula is C19H26O4. The first kappa shape index (κ1) is 18.9. The minimum Gasteiger partial charge on any atom is -0.421 e. The summed E-state index contributed by atoms with van der Waals surface area (Å²) in [6, 6.07) is 8.19. The number of carbonyl (C=O) groups is 2. The number of carbonyl (C=O) groups excluding carboxylic acids is 2.